The second-order valence-corrected chi connectivity index (χ2v) is 5.55. The zero-order valence-electron chi connectivity index (χ0n) is 12.2. The molecule has 0 aliphatic heterocycles. The Hall–Kier alpha value is -1.74. The first kappa shape index (κ1) is 15.6. The van der Waals surface area contributed by atoms with E-state index in [1.807, 2.05) is 24.3 Å². The molecule has 0 aliphatic carbocycles. The standard InChI is InChI=1S/C18H20O2S/c1-2-3-4-5-14-6-8-15(9-7-14)18(19)20-16-10-12-17(21)13-11-16/h6-13,21H,2-5H2,1H3. The Morgan fingerprint density at radius 1 is 1.00 bits per heavy atom. The van der Waals surface area contributed by atoms with E-state index < -0.39 is 0 Å². The number of hydrogen-bond acceptors (Lipinski definition) is 3. The van der Waals surface area contributed by atoms with Gasteiger partial charge in [0.2, 0.25) is 0 Å². The fraction of sp³-hybridized carbons (Fsp3) is 0.278. The van der Waals surface area contributed by atoms with E-state index in [4.69, 9.17) is 4.74 Å². The van der Waals surface area contributed by atoms with Crippen LogP contribution in [0.15, 0.2) is 53.4 Å². The van der Waals surface area contributed by atoms with Gasteiger partial charge in [0.05, 0.1) is 5.56 Å². The third kappa shape index (κ3) is 4.94. The molecule has 110 valence electrons. The van der Waals surface area contributed by atoms with Crippen molar-refractivity contribution >= 4 is 18.6 Å². The minimum Gasteiger partial charge on any atom is -0.423 e. The molecule has 0 atom stereocenters. The number of ether oxygens (including phenoxy) is 1. The Kier molecular flexibility index (Phi) is 5.88. The summed E-state index contributed by atoms with van der Waals surface area (Å²) in [6.07, 6.45) is 4.71. The molecule has 0 saturated carbocycles. The summed E-state index contributed by atoms with van der Waals surface area (Å²) in [7, 11) is 0. The molecule has 0 radical (unpaired) electrons. The highest BCUT2D eigenvalue weighted by Gasteiger charge is 2.08. The van der Waals surface area contributed by atoms with Crippen LogP contribution in [0.4, 0.5) is 0 Å². The maximum Gasteiger partial charge on any atom is 0.343 e. The summed E-state index contributed by atoms with van der Waals surface area (Å²) in [5, 5.41) is 0. The Bertz CT molecular complexity index is 573. The second kappa shape index (κ2) is 7.89. The molecule has 2 aromatic rings. The van der Waals surface area contributed by atoms with Crippen molar-refractivity contribution in [2.24, 2.45) is 0 Å². The van der Waals surface area contributed by atoms with Crippen LogP contribution in [0.1, 0.15) is 42.1 Å². The number of hydrogen-bond donors (Lipinski definition) is 1. The van der Waals surface area contributed by atoms with Crippen LogP contribution in [0.5, 0.6) is 5.75 Å². The molecule has 0 heterocycles. The molecular weight excluding hydrogens is 280 g/mol. The van der Waals surface area contributed by atoms with Gasteiger partial charge in [-0.05, 0) is 54.8 Å². The monoisotopic (exact) mass is 300 g/mol. The van der Waals surface area contributed by atoms with Gasteiger partial charge in [-0.2, -0.15) is 0 Å². The molecule has 0 bridgehead atoms. The molecule has 2 nitrogen and oxygen atoms in total. The second-order valence-electron chi connectivity index (χ2n) is 5.04. The van der Waals surface area contributed by atoms with Crippen molar-refractivity contribution in [3.05, 3.63) is 59.7 Å². The fourth-order valence-electron chi connectivity index (χ4n) is 2.07. The van der Waals surface area contributed by atoms with E-state index in [0.29, 0.717) is 11.3 Å². The van der Waals surface area contributed by atoms with Crippen LogP contribution >= 0.6 is 12.6 Å². The Labute approximate surface area is 131 Å². The highest BCUT2D eigenvalue weighted by Crippen LogP contribution is 2.16. The van der Waals surface area contributed by atoms with Crippen LogP contribution < -0.4 is 4.74 Å². The van der Waals surface area contributed by atoms with E-state index >= 15 is 0 Å². The smallest absolute Gasteiger partial charge is 0.343 e. The number of carbonyl (C=O) groups is 1. The third-order valence-corrected chi connectivity index (χ3v) is 3.60. The summed E-state index contributed by atoms with van der Waals surface area (Å²) in [4.78, 5) is 12.9. The fourth-order valence-corrected chi connectivity index (χ4v) is 2.22. The molecule has 0 unspecified atom stereocenters. The van der Waals surface area contributed by atoms with Crippen LogP contribution in [0.25, 0.3) is 0 Å². The molecule has 0 fully saturated rings. The van der Waals surface area contributed by atoms with Crippen molar-refractivity contribution in [1.82, 2.24) is 0 Å². The van der Waals surface area contributed by atoms with E-state index in [1.165, 1.54) is 24.8 Å². The summed E-state index contributed by atoms with van der Waals surface area (Å²) in [5.41, 5.74) is 1.84. The molecule has 21 heavy (non-hydrogen) atoms. The highest BCUT2D eigenvalue weighted by molar-refractivity contribution is 7.80. The average molecular weight is 300 g/mol. The Balaban J connectivity index is 1.94. The topological polar surface area (TPSA) is 26.3 Å². The number of unbranched alkanes of at least 4 members (excludes halogenated alkanes) is 2. The SMILES string of the molecule is CCCCCc1ccc(C(=O)Oc2ccc(S)cc2)cc1. The van der Waals surface area contributed by atoms with Crippen molar-refractivity contribution in [1.29, 1.82) is 0 Å². The summed E-state index contributed by atoms with van der Waals surface area (Å²) < 4.78 is 5.32. The molecule has 0 amide bonds. The predicted octanol–water partition coefficient (Wildman–Crippen LogP) is 4.93. The van der Waals surface area contributed by atoms with Crippen molar-refractivity contribution in [3.63, 3.8) is 0 Å². The molecule has 0 aromatic heterocycles. The first-order chi connectivity index (χ1) is 10.2. The zero-order chi connectivity index (χ0) is 15.1. The van der Waals surface area contributed by atoms with Crippen LogP contribution in [0.3, 0.4) is 0 Å². The van der Waals surface area contributed by atoms with Gasteiger partial charge in [0.1, 0.15) is 5.75 Å². The maximum atomic E-state index is 12.0. The van der Waals surface area contributed by atoms with Crippen LogP contribution in [-0.4, -0.2) is 5.97 Å². The van der Waals surface area contributed by atoms with Crippen molar-refractivity contribution in [2.75, 3.05) is 0 Å². The van der Waals surface area contributed by atoms with E-state index in [0.717, 1.165) is 11.3 Å². The van der Waals surface area contributed by atoms with Gasteiger partial charge in [0.25, 0.3) is 0 Å². The predicted molar refractivity (Wildman–Crippen MR) is 88.3 cm³/mol. The molecule has 2 aromatic carbocycles. The lowest BCUT2D eigenvalue weighted by molar-refractivity contribution is 0.0734. The number of esters is 1. The van der Waals surface area contributed by atoms with E-state index in [9.17, 15) is 4.79 Å². The largest absolute Gasteiger partial charge is 0.423 e. The van der Waals surface area contributed by atoms with Gasteiger partial charge in [0.15, 0.2) is 0 Å². The van der Waals surface area contributed by atoms with E-state index in [2.05, 4.69) is 19.6 Å². The van der Waals surface area contributed by atoms with Gasteiger partial charge < -0.3 is 4.74 Å². The first-order valence-corrected chi connectivity index (χ1v) is 7.74. The lowest BCUT2D eigenvalue weighted by atomic mass is 10.1. The Morgan fingerprint density at radius 2 is 1.67 bits per heavy atom. The molecule has 0 spiro atoms. The number of aryl methyl sites for hydroxylation is 1. The van der Waals surface area contributed by atoms with Gasteiger partial charge in [-0.1, -0.05) is 31.9 Å². The minimum absolute atomic E-state index is 0.331. The van der Waals surface area contributed by atoms with Gasteiger partial charge in [-0.25, -0.2) is 4.79 Å². The molecule has 0 N–H and O–H groups in total. The van der Waals surface area contributed by atoms with Gasteiger partial charge in [-0.3, -0.25) is 0 Å². The molecule has 3 heteroatoms. The zero-order valence-corrected chi connectivity index (χ0v) is 13.1. The summed E-state index contributed by atoms with van der Waals surface area (Å²) >= 11 is 4.20. The third-order valence-electron chi connectivity index (χ3n) is 3.31. The first-order valence-electron chi connectivity index (χ1n) is 7.29. The van der Waals surface area contributed by atoms with Crippen LogP contribution in [0, 0.1) is 0 Å². The highest BCUT2D eigenvalue weighted by atomic mass is 32.1. The number of carbonyl (C=O) groups excluding carboxylic acids is 1. The normalized spacial score (nSPS) is 10.4. The summed E-state index contributed by atoms with van der Waals surface area (Å²) in [6.45, 7) is 2.19. The molecular formula is C18H20O2S. The molecule has 0 saturated heterocycles. The maximum absolute atomic E-state index is 12.0. The number of thiol groups is 1. The van der Waals surface area contributed by atoms with E-state index in [1.54, 1.807) is 24.3 Å². The van der Waals surface area contributed by atoms with Crippen LogP contribution in [0.2, 0.25) is 0 Å². The van der Waals surface area contributed by atoms with Gasteiger partial charge in [0, 0.05) is 4.90 Å². The lowest BCUT2D eigenvalue weighted by Crippen LogP contribution is -2.08. The summed E-state index contributed by atoms with van der Waals surface area (Å²) in [6, 6.07) is 14.7. The van der Waals surface area contributed by atoms with Crippen molar-refractivity contribution in [3.8, 4) is 5.75 Å². The van der Waals surface area contributed by atoms with Gasteiger partial charge in [-0.15, -0.1) is 12.6 Å². The number of rotatable bonds is 6. The lowest BCUT2D eigenvalue weighted by Gasteiger charge is -2.06. The quantitative estimate of drug-likeness (QED) is 0.354. The van der Waals surface area contributed by atoms with Crippen molar-refractivity contribution < 1.29 is 9.53 Å². The van der Waals surface area contributed by atoms with Gasteiger partial charge >= 0.3 is 5.97 Å². The van der Waals surface area contributed by atoms with Crippen LogP contribution in [-0.2, 0) is 6.42 Å². The average Bonchev–Trinajstić information content (AvgIpc) is 2.50. The number of benzene rings is 2. The van der Waals surface area contributed by atoms with E-state index in [-0.39, 0.29) is 5.97 Å². The van der Waals surface area contributed by atoms with Crippen molar-refractivity contribution in [2.45, 2.75) is 37.5 Å². The molecule has 2 rings (SSSR count). The summed E-state index contributed by atoms with van der Waals surface area (Å²) in [5.74, 6) is 0.201. The molecule has 0 aliphatic rings. The minimum atomic E-state index is -0.331. The Morgan fingerprint density at radius 3 is 2.29 bits per heavy atom.